The molecule has 0 rings (SSSR count). The third-order valence-electron chi connectivity index (χ3n) is 2.81. The van der Waals surface area contributed by atoms with Gasteiger partial charge in [0.05, 0.1) is 0 Å². The van der Waals surface area contributed by atoms with Gasteiger partial charge in [0, 0.05) is 19.6 Å². The van der Waals surface area contributed by atoms with E-state index >= 15 is 0 Å². The van der Waals surface area contributed by atoms with Crippen molar-refractivity contribution < 1.29 is 14.7 Å². The van der Waals surface area contributed by atoms with Gasteiger partial charge in [-0.2, -0.15) is 0 Å². The zero-order valence-corrected chi connectivity index (χ0v) is 11.8. The summed E-state index contributed by atoms with van der Waals surface area (Å²) in [5.74, 6) is -0.962. The molecule has 0 aliphatic carbocycles. The van der Waals surface area contributed by atoms with E-state index in [1.165, 1.54) is 4.90 Å². The average molecular weight is 258 g/mol. The number of hydrogen-bond acceptors (Lipinski definition) is 2. The topological polar surface area (TPSA) is 60.9 Å². The van der Waals surface area contributed by atoms with Gasteiger partial charge in [-0.3, -0.25) is 4.79 Å². The molecular weight excluding hydrogens is 232 g/mol. The van der Waals surface area contributed by atoms with E-state index in [0.717, 1.165) is 25.7 Å². The SMILES string of the molecule is CCCCN(CCCC)C(=O)N(CC)CC(=O)O. The maximum Gasteiger partial charge on any atom is 0.323 e. The second-order valence-corrected chi connectivity index (χ2v) is 4.38. The van der Waals surface area contributed by atoms with Gasteiger partial charge in [0.15, 0.2) is 0 Å². The zero-order chi connectivity index (χ0) is 14.0. The van der Waals surface area contributed by atoms with Gasteiger partial charge in [-0.15, -0.1) is 0 Å². The lowest BCUT2D eigenvalue weighted by Crippen LogP contribution is -2.46. The first-order valence-corrected chi connectivity index (χ1v) is 6.82. The highest BCUT2D eigenvalue weighted by molar-refractivity contribution is 5.80. The molecule has 0 radical (unpaired) electrons. The maximum absolute atomic E-state index is 12.2. The largest absolute Gasteiger partial charge is 0.480 e. The molecule has 0 aromatic carbocycles. The van der Waals surface area contributed by atoms with Gasteiger partial charge in [0.25, 0.3) is 0 Å². The fourth-order valence-electron chi connectivity index (χ4n) is 1.68. The monoisotopic (exact) mass is 258 g/mol. The number of carboxylic acids is 1. The molecule has 18 heavy (non-hydrogen) atoms. The minimum atomic E-state index is -0.962. The lowest BCUT2D eigenvalue weighted by atomic mass is 10.2. The Bertz CT molecular complexity index is 249. The minimum absolute atomic E-state index is 0.151. The molecule has 0 spiro atoms. The van der Waals surface area contributed by atoms with Crippen LogP contribution >= 0.6 is 0 Å². The second-order valence-electron chi connectivity index (χ2n) is 4.38. The molecule has 0 unspecified atom stereocenters. The molecule has 1 N–H and O–H groups in total. The van der Waals surface area contributed by atoms with Crippen LogP contribution in [0.4, 0.5) is 4.79 Å². The first-order chi connectivity index (χ1) is 8.56. The van der Waals surface area contributed by atoms with Crippen molar-refractivity contribution in [2.24, 2.45) is 0 Å². The highest BCUT2D eigenvalue weighted by Crippen LogP contribution is 2.04. The Labute approximate surface area is 110 Å². The molecule has 106 valence electrons. The molecule has 5 heteroatoms. The van der Waals surface area contributed by atoms with Crippen molar-refractivity contribution in [3.8, 4) is 0 Å². The third kappa shape index (κ3) is 6.47. The van der Waals surface area contributed by atoms with Crippen molar-refractivity contribution >= 4 is 12.0 Å². The summed E-state index contributed by atoms with van der Waals surface area (Å²) in [6, 6.07) is -0.151. The normalized spacial score (nSPS) is 10.2. The van der Waals surface area contributed by atoms with Crippen LogP contribution in [0.3, 0.4) is 0 Å². The summed E-state index contributed by atoms with van der Waals surface area (Å²) in [6.45, 7) is 7.61. The fraction of sp³-hybridized carbons (Fsp3) is 0.846. The third-order valence-corrected chi connectivity index (χ3v) is 2.81. The van der Waals surface area contributed by atoms with Gasteiger partial charge in [-0.25, -0.2) is 4.79 Å². The Morgan fingerprint density at radius 3 is 1.78 bits per heavy atom. The molecule has 0 fully saturated rings. The molecule has 2 amide bonds. The fourth-order valence-corrected chi connectivity index (χ4v) is 1.68. The average Bonchev–Trinajstić information content (AvgIpc) is 2.35. The highest BCUT2D eigenvalue weighted by Gasteiger charge is 2.20. The van der Waals surface area contributed by atoms with Gasteiger partial charge in [-0.1, -0.05) is 26.7 Å². The smallest absolute Gasteiger partial charge is 0.323 e. The number of urea groups is 1. The Morgan fingerprint density at radius 2 is 1.44 bits per heavy atom. The number of amides is 2. The van der Waals surface area contributed by atoms with E-state index in [9.17, 15) is 9.59 Å². The van der Waals surface area contributed by atoms with Crippen LogP contribution in [0.2, 0.25) is 0 Å². The number of nitrogens with zero attached hydrogens (tertiary/aromatic N) is 2. The molecule has 0 aromatic heterocycles. The van der Waals surface area contributed by atoms with Gasteiger partial charge in [0.2, 0.25) is 0 Å². The van der Waals surface area contributed by atoms with Crippen LogP contribution in [0.5, 0.6) is 0 Å². The summed E-state index contributed by atoms with van der Waals surface area (Å²) in [7, 11) is 0. The maximum atomic E-state index is 12.2. The lowest BCUT2D eigenvalue weighted by Gasteiger charge is -2.29. The highest BCUT2D eigenvalue weighted by atomic mass is 16.4. The predicted octanol–water partition coefficient (Wildman–Crippen LogP) is 2.42. The number of carbonyl (C=O) groups excluding carboxylic acids is 1. The van der Waals surface area contributed by atoms with Crippen molar-refractivity contribution in [2.45, 2.75) is 46.5 Å². The van der Waals surface area contributed by atoms with Crippen LogP contribution < -0.4 is 0 Å². The van der Waals surface area contributed by atoms with Crippen LogP contribution in [0.25, 0.3) is 0 Å². The predicted molar refractivity (Wildman–Crippen MR) is 71.7 cm³/mol. The lowest BCUT2D eigenvalue weighted by molar-refractivity contribution is -0.137. The molecule has 0 bridgehead atoms. The Kier molecular flexibility index (Phi) is 9.06. The van der Waals surface area contributed by atoms with Crippen molar-refractivity contribution in [3.05, 3.63) is 0 Å². The number of rotatable bonds is 9. The number of aliphatic carboxylic acids is 1. The Hall–Kier alpha value is -1.26. The Morgan fingerprint density at radius 1 is 0.944 bits per heavy atom. The van der Waals surface area contributed by atoms with Gasteiger partial charge < -0.3 is 14.9 Å². The summed E-state index contributed by atoms with van der Waals surface area (Å²) in [4.78, 5) is 26.1. The Balaban J connectivity index is 4.51. The first kappa shape index (κ1) is 16.7. The van der Waals surface area contributed by atoms with Gasteiger partial charge >= 0.3 is 12.0 Å². The van der Waals surface area contributed by atoms with E-state index in [2.05, 4.69) is 13.8 Å². The number of carboxylic acid groups (broad SMARTS) is 1. The summed E-state index contributed by atoms with van der Waals surface area (Å²) >= 11 is 0. The number of hydrogen-bond donors (Lipinski definition) is 1. The van der Waals surface area contributed by atoms with Crippen molar-refractivity contribution in [3.63, 3.8) is 0 Å². The van der Waals surface area contributed by atoms with Crippen molar-refractivity contribution in [1.29, 1.82) is 0 Å². The molecule has 0 heterocycles. The summed E-state index contributed by atoms with van der Waals surface area (Å²) in [5, 5.41) is 8.79. The first-order valence-electron chi connectivity index (χ1n) is 6.82. The van der Waals surface area contributed by atoms with Crippen LogP contribution in [-0.2, 0) is 4.79 Å². The number of carbonyl (C=O) groups is 2. The summed E-state index contributed by atoms with van der Waals surface area (Å²) in [5.41, 5.74) is 0. The molecule has 0 saturated heterocycles. The molecule has 0 aliphatic rings. The van der Waals surface area contributed by atoms with E-state index in [4.69, 9.17) is 5.11 Å². The molecule has 5 nitrogen and oxygen atoms in total. The van der Waals surface area contributed by atoms with E-state index < -0.39 is 5.97 Å². The molecular formula is C13H26N2O3. The molecule has 0 aliphatic heterocycles. The van der Waals surface area contributed by atoms with Crippen LogP contribution in [0, 0.1) is 0 Å². The van der Waals surface area contributed by atoms with E-state index in [1.807, 2.05) is 0 Å². The molecule has 0 aromatic rings. The van der Waals surface area contributed by atoms with Crippen LogP contribution in [-0.4, -0.2) is 53.1 Å². The van der Waals surface area contributed by atoms with E-state index in [-0.39, 0.29) is 12.6 Å². The second kappa shape index (κ2) is 9.74. The van der Waals surface area contributed by atoms with E-state index in [0.29, 0.717) is 19.6 Å². The van der Waals surface area contributed by atoms with Crippen molar-refractivity contribution in [1.82, 2.24) is 9.80 Å². The quantitative estimate of drug-likeness (QED) is 0.691. The van der Waals surface area contributed by atoms with Crippen molar-refractivity contribution in [2.75, 3.05) is 26.2 Å². The van der Waals surface area contributed by atoms with Gasteiger partial charge in [0.1, 0.15) is 6.54 Å². The summed E-state index contributed by atoms with van der Waals surface area (Å²) < 4.78 is 0. The molecule has 0 saturated carbocycles. The van der Waals surface area contributed by atoms with E-state index in [1.54, 1.807) is 11.8 Å². The molecule has 0 atom stereocenters. The number of unbranched alkanes of at least 4 members (excludes halogenated alkanes) is 2. The minimum Gasteiger partial charge on any atom is -0.480 e. The van der Waals surface area contributed by atoms with Crippen LogP contribution in [0.15, 0.2) is 0 Å². The zero-order valence-electron chi connectivity index (χ0n) is 11.8. The number of likely N-dealkylation sites (N-methyl/N-ethyl adjacent to an activating group) is 1. The van der Waals surface area contributed by atoms with Gasteiger partial charge in [-0.05, 0) is 19.8 Å². The standard InChI is InChI=1S/C13H26N2O3/c1-4-7-9-15(10-8-5-2)13(18)14(6-3)11-12(16)17/h4-11H2,1-3H3,(H,16,17). The summed E-state index contributed by atoms with van der Waals surface area (Å²) in [6.07, 6.45) is 3.97. The van der Waals surface area contributed by atoms with Crippen LogP contribution in [0.1, 0.15) is 46.5 Å².